The Morgan fingerprint density at radius 1 is 1.00 bits per heavy atom. The van der Waals surface area contributed by atoms with Gasteiger partial charge in [0.25, 0.3) is 5.91 Å². The number of benzene rings is 3. The van der Waals surface area contributed by atoms with Crippen molar-refractivity contribution in [3.05, 3.63) is 95.4 Å². The standard InChI is InChI=1S/C29H26FN3O4S/c1-31-27-10-9-23(38(35,36)33-11-13-37-14-12-33)17-25(27)26(29(31)34)16-21-19-32(28-8-3-2-7-24(21)28)18-20-5-4-6-22(30)15-20/h2-10,15-17,19H,11-14,18H2,1H3. The van der Waals surface area contributed by atoms with Crippen molar-refractivity contribution in [3.8, 4) is 0 Å². The summed E-state index contributed by atoms with van der Waals surface area (Å²) in [4.78, 5) is 15.0. The third-order valence-electron chi connectivity index (χ3n) is 7.12. The van der Waals surface area contributed by atoms with Crippen molar-refractivity contribution in [2.24, 2.45) is 0 Å². The van der Waals surface area contributed by atoms with Gasteiger partial charge in [-0.2, -0.15) is 4.31 Å². The lowest BCUT2D eigenvalue weighted by Gasteiger charge is -2.26. The van der Waals surface area contributed by atoms with Gasteiger partial charge in [0.15, 0.2) is 0 Å². The SMILES string of the molecule is CN1C(=O)C(=Cc2cn(Cc3cccc(F)c3)c3ccccc23)c2cc(S(=O)(=O)N3CCOCC3)ccc21. The molecule has 0 aliphatic carbocycles. The van der Waals surface area contributed by atoms with E-state index < -0.39 is 10.0 Å². The zero-order valence-electron chi connectivity index (χ0n) is 20.8. The lowest BCUT2D eigenvalue weighted by molar-refractivity contribution is -0.112. The summed E-state index contributed by atoms with van der Waals surface area (Å²) >= 11 is 0. The van der Waals surface area contributed by atoms with E-state index in [9.17, 15) is 17.6 Å². The number of nitrogens with zero attached hydrogens (tertiary/aromatic N) is 3. The molecular formula is C29H26FN3O4S. The molecule has 2 aliphatic rings. The highest BCUT2D eigenvalue weighted by Crippen LogP contribution is 2.39. The van der Waals surface area contributed by atoms with Crippen molar-refractivity contribution in [1.82, 2.24) is 8.87 Å². The van der Waals surface area contributed by atoms with Gasteiger partial charge < -0.3 is 14.2 Å². The minimum Gasteiger partial charge on any atom is -0.379 e. The Balaban J connectivity index is 1.44. The predicted octanol–water partition coefficient (Wildman–Crippen LogP) is 4.37. The average molecular weight is 532 g/mol. The maximum absolute atomic E-state index is 13.8. The smallest absolute Gasteiger partial charge is 0.258 e. The molecule has 2 aliphatic heterocycles. The first-order valence-corrected chi connectivity index (χ1v) is 13.8. The number of carbonyl (C=O) groups is 1. The topological polar surface area (TPSA) is 71.9 Å². The van der Waals surface area contributed by atoms with Crippen LogP contribution < -0.4 is 4.90 Å². The molecule has 38 heavy (non-hydrogen) atoms. The summed E-state index contributed by atoms with van der Waals surface area (Å²) in [5, 5.41) is 0.942. The molecule has 9 heteroatoms. The molecule has 1 amide bonds. The van der Waals surface area contributed by atoms with Crippen LogP contribution in [0.25, 0.3) is 22.6 Å². The van der Waals surface area contributed by atoms with Crippen molar-refractivity contribution in [2.75, 3.05) is 38.3 Å². The number of aromatic nitrogens is 1. The van der Waals surface area contributed by atoms with Crippen LogP contribution in [-0.4, -0.2) is 56.5 Å². The van der Waals surface area contributed by atoms with Crippen molar-refractivity contribution >= 4 is 44.2 Å². The highest BCUT2D eigenvalue weighted by Gasteiger charge is 2.33. The van der Waals surface area contributed by atoms with Crippen LogP contribution in [0.5, 0.6) is 0 Å². The first-order chi connectivity index (χ1) is 18.3. The van der Waals surface area contributed by atoms with Gasteiger partial charge in [-0.05, 0) is 48.0 Å². The van der Waals surface area contributed by atoms with E-state index in [1.54, 1.807) is 31.3 Å². The van der Waals surface area contributed by atoms with Gasteiger partial charge in [0.05, 0.1) is 23.8 Å². The number of sulfonamides is 1. The summed E-state index contributed by atoms with van der Waals surface area (Å²) in [7, 11) is -2.04. The molecule has 3 heterocycles. The Morgan fingerprint density at radius 3 is 2.58 bits per heavy atom. The summed E-state index contributed by atoms with van der Waals surface area (Å²) in [6.07, 6.45) is 3.77. The normalized spacial score (nSPS) is 17.5. The number of halogens is 1. The van der Waals surface area contributed by atoms with Crippen LogP contribution in [-0.2, 0) is 26.1 Å². The number of morpholine rings is 1. The zero-order valence-corrected chi connectivity index (χ0v) is 21.6. The number of fused-ring (bicyclic) bond motifs is 2. The van der Waals surface area contributed by atoms with Crippen LogP contribution in [0, 0.1) is 5.82 Å². The highest BCUT2D eigenvalue weighted by molar-refractivity contribution is 7.89. The van der Waals surface area contributed by atoms with E-state index in [2.05, 4.69) is 0 Å². The zero-order chi connectivity index (χ0) is 26.4. The van der Waals surface area contributed by atoms with E-state index in [1.807, 2.05) is 47.2 Å². The van der Waals surface area contributed by atoms with Gasteiger partial charge in [-0.1, -0.05) is 30.3 Å². The molecule has 1 aromatic heterocycles. The summed E-state index contributed by atoms with van der Waals surface area (Å²) in [6, 6.07) is 19.2. The Bertz CT molecular complexity index is 1700. The minimum atomic E-state index is -3.72. The molecule has 0 N–H and O–H groups in total. The van der Waals surface area contributed by atoms with Crippen molar-refractivity contribution in [1.29, 1.82) is 0 Å². The number of hydrogen-bond acceptors (Lipinski definition) is 4. The lowest BCUT2D eigenvalue weighted by Crippen LogP contribution is -2.40. The van der Waals surface area contributed by atoms with E-state index in [0.717, 1.165) is 22.0 Å². The van der Waals surface area contributed by atoms with Gasteiger partial charge in [-0.25, -0.2) is 12.8 Å². The van der Waals surface area contributed by atoms with Gasteiger partial charge in [0.1, 0.15) is 5.82 Å². The Kier molecular flexibility index (Phi) is 6.14. The van der Waals surface area contributed by atoms with Crippen molar-refractivity contribution in [3.63, 3.8) is 0 Å². The lowest BCUT2D eigenvalue weighted by atomic mass is 10.0. The van der Waals surface area contributed by atoms with Crippen LogP contribution in [0.2, 0.25) is 0 Å². The molecule has 3 aromatic carbocycles. The van der Waals surface area contributed by atoms with E-state index in [4.69, 9.17) is 4.74 Å². The molecule has 0 atom stereocenters. The second-order valence-electron chi connectivity index (χ2n) is 9.48. The Labute approximate surface area is 220 Å². The van der Waals surface area contributed by atoms with Gasteiger partial charge in [0.2, 0.25) is 10.0 Å². The minimum absolute atomic E-state index is 0.153. The highest BCUT2D eigenvalue weighted by atomic mass is 32.2. The maximum Gasteiger partial charge on any atom is 0.258 e. The molecule has 1 saturated heterocycles. The van der Waals surface area contributed by atoms with Crippen LogP contribution in [0.15, 0.2) is 77.8 Å². The van der Waals surface area contributed by atoms with Crippen molar-refractivity contribution in [2.45, 2.75) is 11.4 Å². The number of para-hydroxylation sites is 1. The molecule has 0 bridgehead atoms. The fourth-order valence-electron chi connectivity index (χ4n) is 5.17. The molecule has 6 rings (SSSR count). The second-order valence-corrected chi connectivity index (χ2v) is 11.4. The predicted molar refractivity (Wildman–Crippen MR) is 145 cm³/mol. The fraction of sp³-hybridized carbons (Fsp3) is 0.207. The molecule has 0 saturated carbocycles. The molecule has 4 aromatic rings. The van der Waals surface area contributed by atoms with Crippen LogP contribution >= 0.6 is 0 Å². The number of rotatable bonds is 5. The van der Waals surface area contributed by atoms with Gasteiger partial charge in [-0.3, -0.25) is 4.79 Å². The number of anilines is 1. The van der Waals surface area contributed by atoms with Crippen LogP contribution in [0.3, 0.4) is 0 Å². The first-order valence-electron chi connectivity index (χ1n) is 12.4. The van der Waals surface area contributed by atoms with Crippen LogP contribution in [0.4, 0.5) is 10.1 Å². The monoisotopic (exact) mass is 531 g/mol. The number of carbonyl (C=O) groups excluding carboxylic acids is 1. The molecule has 0 radical (unpaired) electrons. The van der Waals surface area contributed by atoms with Gasteiger partial charge >= 0.3 is 0 Å². The maximum atomic E-state index is 13.8. The molecule has 7 nitrogen and oxygen atoms in total. The van der Waals surface area contributed by atoms with E-state index in [0.29, 0.717) is 49.7 Å². The molecule has 0 spiro atoms. The first kappa shape index (κ1) is 24.5. The third kappa shape index (κ3) is 4.22. The largest absolute Gasteiger partial charge is 0.379 e. The molecule has 1 fully saturated rings. The third-order valence-corrected chi connectivity index (χ3v) is 9.02. The molecular weight excluding hydrogens is 505 g/mol. The average Bonchev–Trinajstić information content (AvgIpc) is 3.39. The molecule has 0 unspecified atom stereocenters. The van der Waals surface area contributed by atoms with Gasteiger partial charge in [-0.15, -0.1) is 0 Å². The van der Waals surface area contributed by atoms with Gasteiger partial charge in [0, 0.05) is 60.5 Å². The van der Waals surface area contributed by atoms with E-state index >= 15 is 0 Å². The van der Waals surface area contributed by atoms with Crippen molar-refractivity contribution < 1.29 is 22.3 Å². The quantitative estimate of drug-likeness (QED) is 0.359. The Morgan fingerprint density at radius 2 is 1.79 bits per heavy atom. The van der Waals surface area contributed by atoms with E-state index in [-0.39, 0.29) is 16.6 Å². The fourth-order valence-corrected chi connectivity index (χ4v) is 6.61. The summed E-state index contributed by atoms with van der Waals surface area (Å²) in [5.41, 5.74) is 4.26. The van der Waals surface area contributed by atoms with E-state index in [1.165, 1.54) is 21.3 Å². The number of likely N-dealkylation sites (N-methyl/N-ethyl adjacent to an activating group) is 1. The number of ether oxygens (including phenoxy) is 1. The van der Waals surface area contributed by atoms with Crippen LogP contribution in [0.1, 0.15) is 16.7 Å². The summed E-state index contributed by atoms with van der Waals surface area (Å²) in [5.74, 6) is -0.497. The second kappa shape index (κ2) is 9.50. The molecule has 194 valence electrons. The summed E-state index contributed by atoms with van der Waals surface area (Å²) in [6.45, 7) is 1.78. The summed E-state index contributed by atoms with van der Waals surface area (Å²) < 4.78 is 49.2. The Hall–Kier alpha value is -3.79. The number of amides is 1. The number of hydrogen-bond donors (Lipinski definition) is 0.